The fourth-order valence-electron chi connectivity index (χ4n) is 3.51. The number of ether oxygens (including phenoxy) is 1. The first kappa shape index (κ1) is 22.3. The Kier molecular flexibility index (Phi) is 8.39. The summed E-state index contributed by atoms with van der Waals surface area (Å²) in [5.41, 5.74) is 1.02. The highest BCUT2D eigenvalue weighted by molar-refractivity contribution is 5.85. The zero-order valence-corrected chi connectivity index (χ0v) is 17.8. The molecule has 1 aromatic carbocycles. The van der Waals surface area contributed by atoms with Gasteiger partial charge in [0, 0.05) is 6.54 Å². The first-order chi connectivity index (χ1) is 13.0. The van der Waals surface area contributed by atoms with Crippen LogP contribution in [-0.4, -0.2) is 37.0 Å². The number of benzene rings is 1. The van der Waals surface area contributed by atoms with Crippen LogP contribution in [0, 0.1) is 19.8 Å². The van der Waals surface area contributed by atoms with Crippen LogP contribution in [0.1, 0.15) is 42.9 Å². The average Bonchev–Trinajstić information content (AvgIpc) is 3.09. The van der Waals surface area contributed by atoms with Crippen LogP contribution in [0.2, 0.25) is 0 Å². The minimum atomic E-state index is -0.114. The number of nitrogens with zero attached hydrogens (tertiary/aromatic N) is 1. The fourth-order valence-corrected chi connectivity index (χ4v) is 3.51. The van der Waals surface area contributed by atoms with Gasteiger partial charge >= 0.3 is 0 Å². The summed E-state index contributed by atoms with van der Waals surface area (Å²) in [5, 5.41) is 3.02. The molecule has 2 heterocycles. The second-order valence-corrected chi connectivity index (χ2v) is 7.54. The molecule has 1 saturated heterocycles. The molecule has 1 unspecified atom stereocenters. The Morgan fingerprint density at radius 3 is 2.57 bits per heavy atom. The molecule has 1 aliphatic heterocycles. The van der Waals surface area contributed by atoms with E-state index in [0.29, 0.717) is 6.54 Å². The molecule has 1 amide bonds. The third kappa shape index (κ3) is 6.01. The third-order valence-corrected chi connectivity index (χ3v) is 5.29. The quantitative estimate of drug-likeness (QED) is 0.745. The van der Waals surface area contributed by atoms with E-state index in [1.807, 2.05) is 50.2 Å². The van der Waals surface area contributed by atoms with Crippen molar-refractivity contribution in [3.8, 4) is 5.75 Å². The van der Waals surface area contributed by atoms with Gasteiger partial charge in [-0.05, 0) is 69.5 Å². The van der Waals surface area contributed by atoms with Crippen LogP contribution < -0.4 is 10.1 Å². The highest BCUT2D eigenvalue weighted by Gasteiger charge is 2.27. The predicted molar refractivity (Wildman–Crippen MR) is 113 cm³/mol. The number of likely N-dealkylation sites (tertiary alicyclic amines) is 1. The number of aryl methyl sites for hydroxylation is 2. The maximum atomic E-state index is 12.3. The minimum Gasteiger partial charge on any atom is -0.484 e. The summed E-state index contributed by atoms with van der Waals surface area (Å²) in [6.07, 6.45) is 2.36. The minimum absolute atomic E-state index is 0. The zero-order chi connectivity index (χ0) is 19.2. The summed E-state index contributed by atoms with van der Waals surface area (Å²) in [6, 6.07) is 11.8. The van der Waals surface area contributed by atoms with Gasteiger partial charge in [-0.2, -0.15) is 0 Å². The van der Waals surface area contributed by atoms with Crippen LogP contribution in [0.5, 0.6) is 5.75 Å². The first-order valence-corrected chi connectivity index (χ1v) is 9.78. The van der Waals surface area contributed by atoms with E-state index >= 15 is 0 Å². The number of rotatable bonds is 7. The lowest BCUT2D eigenvalue weighted by atomic mass is 9.97. The largest absolute Gasteiger partial charge is 0.484 e. The van der Waals surface area contributed by atoms with Crippen LogP contribution in [0.4, 0.5) is 0 Å². The van der Waals surface area contributed by atoms with E-state index in [2.05, 4.69) is 17.1 Å². The number of hydrogen-bond donors (Lipinski definition) is 1. The molecule has 1 aliphatic rings. The molecular formula is C22H31ClN2O3. The Hall–Kier alpha value is -1.98. The molecule has 0 bridgehead atoms. The van der Waals surface area contributed by atoms with Crippen molar-refractivity contribution < 1.29 is 13.9 Å². The number of amides is 1. The van der Waals surface area contributed by atoms with Gasteiger partial charge in [0.1, 0.15) is 17.3 Å². The summed E-state index contributed by atoms with van der Waals surface area (Å²) in [5.74, 6) is 3.21. The second-order valence-electron chi connectivity index (χ2n) is 7.54. The molecule has 0 radical (unpaired) electrons. The first-order valence-electron chi connectivity index (χ1n) is 9.78. The molecule has 5 nitrogen and oxygen atoms in total. The van der Waals surface area contributed by atoms with E-state index < -0.39 is 0 Å². The lowest BCUT2D eigenvalue weighted by Gasteiger charge is -2.35. The molecule has 0 saturated carbocycles. The van der Waals surface area contributed by atoms with Gasteiger partial charge in [0.2, 0.25) is 0 Å². The van der Waals surface area contributed by atoms with Crippen LogP contribution in [0.15, 0.2) is 40.8 Å². The van der Waals surface area contributed by atoms with E-state index in [4.69, 9.17) is 9.15 Å². The van der Waals surface area contributed by atoms with Crippen molar-refractivity contribution >= 4 is 18.3 Å². The van der Waals surface area contributed by atoms with Gasteiger partial charge in [-0.15, -0.1) is 12.4 Å². The van der Waals surface area contributed by atoms with Crippen LogP contribution in [0.3, 0.4) is 0 Å². The highest BCUT2D eigenvalue weighted by Crippen LogP contribution is 2.27. The SMILES string of the molecule is Cc1ccc(C(CNC(=O)COc2ccccc2C)N2CCC(C)CC2)o1.Cl. The zero-order valence-electron chi connectivity index (χ0n) is 16.9. The van der Waals surface area contributed by atoms with E-state index in [1.165, 1.54) is 12.8 Å². The van der Waals surface area contributed by atoms with Crippen molar-refractivity contribution in [3.05, 3.63) is 53.5 Å². The molecule has 0 aliphatic carbocycles. The molecule has 6 heteroatoms. The number of halogens is 1. The molecule has 2 aromatic rings. The molecule has 1 atom stereocenters. The third-order valence-electron chi connectivity index (χ3n) is 5.29. The predicted octanol–water partition coefficient (Wildman–Crippen LogP) is 4.29. The lowest BCUT2D eigenvalue weighted by Crippen LogP contribution is -2.42. The van der Waals surface area contributed by atoms with Gasteiger partial charge in [-0.25, -0.2) is 0 Å². The van der Waals surface area contributed by atoms with Gasteiger partial charge in [-0.3, -0.25) is 9.69 Å². The summed E-state index contributed by atoms with van der Waals surface area (Å²) >= 11 is 0. The Morgan fingerprint density at radius 1 is 1.21 bits per heavy atom. The summed E-state index contributed by atoms with van der Waals surface area (Å²) in [7, 11) is 0. The maximum Gasteiger partial charge on any atom is 0.258 e. The van der Waals surface area contributed by atoms with Crippen molar-refractivity contribution in [1.82, 2.24) is 10.2 Å². The second kappa shape index (κ2) is 10.5. The molecule has 0 spiro atoms. The number of carbonyl (C=O) groups is 1. The Morgan fingerprint density at radius 2 is 1.93 bits per heavy atom. The van der Waals surface area contributed by atoms with E-state index in [0.717, 1.165) is 41.8 Å². The van der Waals surface area contributed by atoms with Crippen molar-refractivity contribution in [2.45, 2.75) is 39.7 Å². The van der Waals surface area contributed by atoms with Crippen LogP contribution >= 0.6 is 12.4 Å². The number of hydrogen-bond acceptors (Lipinski definition) is 4. The normalized spacial score (nSPS) is 16.2. The average molecular weight is 407 g/mol. The molecule has 1 aromatic heterocycles. The molecule has 1 N–H and O–H groups in total. The summed E-state index contributed by atoms with van der Waals surface area (Å²) < 4.78 is 11.5. The standard InChI is InChI=1S/C22H30N2O3.ClH/c1-16-10-12-24(13-11-16)19(21-9-8-18(3)27-21)14-23-22(25)15-26-20-7-5-4-6-17(20)2;/h4-9,16,19H,10-15H2,1-3H3,(H,23,25);1H. The van der Waals surface area contributed by atoms with Crippen molar-refractivity contribution in [1.29, 1.82) is 0 Å². The molecule has 1 fully saturated rings. The maximum absolute atomic E-state index is 12.3. The lowest BCUT2D eigenvalue weighted by molar-refractivity contribution is -0.123. The van der Waals surface area contributed by atoms with Gasteiger partial charge in [0.15, 0.2) is 6.61 Å². The topological polar surface area (TPSA) is 54.7 Å². The Labute approximate surface area is 173 Å². The van der Waals surface area contributed by atoms with E-state index in [9.17, 15) is 4.79 Å². The number of nitrogens with one attached hydrogen (secondary N) is 1. The van der Waals surface area contributed by atoms with Crippen LogP contribution in [-0.2, 0) is 4.79 Å². The fraction of sp³-hybridized carbons (Fsp3) is 0.500. The van der Waals surface area contributed by atoms with Crippen LogP contribution in [0.25, 0.3) is 0 Å². The van der Waals surface area contributed by atoms with Crippen molar-refractivity contribution in [2.75, 3.05) is 26.2 Å². The Bertz CT molecular complexity index is 754. The number of furan rings is 1. The van der Waals surface area contributed by atoms with Gasteiger partial charge < -0.3 is 14.5 Å². The Balaban J connectivity index is 0.00000280. The molecular weight excluding hydrogens is 376 g/mol. The summed E-state index contributed by atoms with van der Waals surface area (Å²) in [4.78, 5) is 14.7. The summed E-state index contributed by atoms with van der Waals surface area (Å²) in [6.45, 7) is 8.83. The smallest absolute Gasteiger partial charge is 0.258 e. The number of para-hydroxylation sites is 1. The van der Waals surface area contributed by atoms with Gasteiger partial charge in [0.05, 0.1) is 6.04 Å². The highest BCUT2D eigenvalue weighted by atomic mass is 35.5. The van der Waals surface area contributed by atoms with Gasteiger partial charge in [-0.1, -0.05) is 25.1 Å². The van der Waals surface area contributed by atoms with E-state index in [-0.39, 0.29) is 31.0 Å². The van der Waals surface area contributed by atoms with Crippen molar-refractivity contribution in [3.63, 3.8) is 0 Å². The number of piperidine rings is 1. The van der Waals surface area contributed by atoms with Gasteiger partial charge in [0.25, 0.3) is 5.91 Å². The van der Waals surface area contributed by atoms with Crippen molar-refractivity contribution in [2.24, 2.45) is 5.92 Å². The monoisotopic (exact) mass is 406 g/mol. The molecule has 3 rings (SSSR count). The molecule has 28 heavy (non-hydrogen) atoms. The number of carbonyl (C=O) groups excluding carboxylic acids is 1. The molecule has 154 valence electrons. The van der Waals surface area contributed by atoms with E-state index in [1.54, 1.807) is 0 Å².